The summed E-state index contributed by atoms with van der Waals surface area (Å²) in [6, 6.07) is 4.16. The zero-order valence-electron chi connectivity index (χ0n) is 22.8. The highest BCUT2D eigenvalue weighted by Gasteiger charge is 2.34. The average Bonchev–Trinajstić information content (AvgIpc) is 3.40. The monoisotopic (exact) mass is 530 g/mol. The predicted octanol–water partition coefficient (Wildman–Crippen LogP) is 4.55. The number of anilines is 1. The Morgan fingerprint density at radius 2 is 1.81 bits per heavy atom. The summed E-state index contributed by atoms with van der Waals surface area (Å²) in [7, 11) is 0. The van der Waals surface area contributed by atoms with Crippen LogP contribution in [0, 0.1) is 24.7 Å². The molecule has 3 fully saturated rings. The Balaban J connectivity index is 1.43. The summed E-state index contributed by atoms with van der Waals surface area (Å²) >= 11 is 6.53. The highest BCUT2D eigenvalue weighted by molar-refractivity contribution is 6.31. The minimum atomic E-state index is -0.232. The average molecular weight is 531 g/mol. The highest BCUT2D eigenvalue weighted by Crippen LogP contribution is 2.35. The molecule has 1 aromatic carbocycles. The van der Waals surface area contributed by atoms with Gasteiger partial charge in [0, 0.05) is 60.5 Å². The number of amides is 3. The van der Waals surface area contributed by atoms with Crippen LogP contribution >= 0.6 is 11.6 Å². The number of benzene rings is 1. The maximum atomic E-state index is 13.3. The molecule has 0 bridgehead atoms. The number of hydrogen-bond donors (Lipinski definition) is 2. The first kappa shape index (κ1) is 27.7. The normalized spacial score (nSPS) is 28.1. The molecule has 37 heavy (non-hydrogen) atoms. The van der Waals surface area contributed by atoms with Gasteiger partial charge in [0.25, 0.3) is 5.91 Å². The van der Waals surface area contributed by atoms with Crippen LogP contribution in [0.1, 0.15) is 81.6 Å². The number of hydrogen-bond acceptors (Lipinski definition) is 4. The molecule has 2 heterocycles. The maximum absolute atomic E-state index is 13.3. The molecule has 1 aromatic rings. The second-order valence-electron chi connectivity index (χ2n) is 11.4. The molecule has 3 aliphatic rings. The minimum absolute atomic E-state index is 0.00558. The van der Waals surface area contributed by atoms with Crippen molar-refractivity contribution in [3.05, 3.63) is 28.3 Å². The summed E-state index contributed by atoms with van der Waals surface area (Å²) in [5.41, 5.74) is 2.43. The van der Waals surface area contributed by atoms with Gasteiger partial charge in [0.1, 0.15) is 0 Å². The van der Waals surface area contributed by atoms with Crippen molar-refractivity contribution >= 4 is 35.0 Å². The fourth-order valence-corrected chi connectivity index (χ4v) is 6.85. The molecule has 3 atom stereocenters. The molecule has 1 aliphatic carbocycles. The van der Waals surface area contributed by atoms with Gasteiger partial charge in [0.2, 0.25) is 11.8 Å². The summed E-state index contributed by atoms with van der Waals surface area (Å²) in [6.07, 6.45) is 6.89. The molecule has 0 aromatic heterocycles. The van der Waals surface area contributed by atoms with E-state index in [0.29, 0.717) is 29.1 Å². The van der Waals surface area contributed by atoms with Gasteiger partial charge in [0.15, 0.2) is 0 Å². The van der Waals surface area contributed by atoms with Gasteiger partial charge in [-0.25, -0.2) is 0 Å². The topological polar surface area (TPSA) is 81.8 Å². The van der Waals surface area contributed by atoms with Crippen LogP contribution in [0.2, 0.25) is 5.02 Å². The molecule has 3 amide bonds. The third kappa shape index (κ3) is 6.24. The van der Waals surface area contributed by atoms with Crippen molar-refractivity contribution in [2.24, 2.45) is 17.8 Å². The highest BCUT2D eigenvalue weighted by atomic mass is 35.5. The molecular formula is C29H43ClN4O3. The molecule has 2 saturated heterocycles. The van der Waals surface area contributed by atoms with Gasteiger partial charge in [-0.15, -0.1) is 0 Å². The lowest BCUT2D eigenvalue weighted by atomic mass is 9.84. The van der Waals surface area contributed by atoms with Crippen LogP contribution in [0.4, 0.5) is 5.69 Å². The summed E-state index contributed by atoms with van der Waals surface area (Å²) < 4.78 is 0. The minimum Gasteiger partial charge on any atom is -0.369 e. The Kier molecular flexibility index (Phi) is 9.04. The lowest BCUT2D eigenvalue weighted by Gasteiger charge is -2.39. The number of nitrogens with zero attached hydrogens (tertiary/aromatic N) is 2. The summed E-state index contributed by atoms with van der Waals surface area (Å²) in [6.45, 7) is 11.1. The van der Waals surface area contributed by atoms with E-state index in [0.717, 1.165) is 75.8 Å². The van der Waals surface area contributed by atoms with E-state index in [2.05, 4.69) is 29.4 Å². The summed E-state index contributed by atoms with van der Waals surface area (Å²) in [5, 5.41) is 6.53. The largest absolute Gasteiger partial charge is 0.369 e. The zero-order valence-corrected chi connectivity index (χ0v) is 23.6. The van der Waals surface area contributed by atoms with Crippen molar-refractivity contribution < 1.29 is 14.4 Å². The van der Waals surface area contributed by atoms with Crippen LogP contribution in [-0.4, -0.2) is 60.9 Å². The number of rotatable bonds is 7. The molecular weight excluding hydrogens is 488 g/mol. The first-order valence-corrected chi connectivity index (χ1v) is 14.5. The smallest absolute Gasteiger partial charge is 0.251 e. The van der Waals surface area contributed by atoms with Crippen LogP contribution in [0.15, 0.2) is 12.1 Å². The summed E-state index contributed by atoms with van der Waals surface area (Å²) in [5.74, 6) is 0.263. The third-order valence-corrected chi connectivity index (χ3v) is 8.98. The molecule has 204 valence electrons. The number of halogens is 1. The van der Waals surface area contributed by atoms with E-state index < -0.39 is 0 Å². The van der Waals surface area contributed by atoms with Gasteiger partial charge in [0.05, 0.1) is 5.92 Å². The van der Waals surface area contributed by atoms with Crippen molar-refractivity contribution in [1.29, 1.82) is 0 Å². The Bertz CT molecular complexity index is 1000. The number of nitrogens with one attached hydrogen (secondary N) is 2. The Morgan fingerprint density at radius 3 is 2.43 bits per heavy atom. The molecule has 0 spiro atoms. The standard InChI is InChI=1S/C29H43ClN4O3/c1-5-34(23-10-8-21(9-11-23)29(37)33-12-6-7-13-33)26-16-22(30)15-24(20(26)4)27(35)31-17-25-18(2)14-19(3)32-28(25)36/h15-16,18-19,21,23,25H,5-14,17H2,1-4H3,(H,31,35)(H,32,36). The first-order valence-electron chi connectivity index (χ1n) is 14.1. The molecule has 7 nitrogen and oxygen atoms in total. The second-order valence-corrected chi connectivity index (χ2v) is 11.8. The fourth-order valence-electron chi connectivity index (χ4n) is 6.64. The Hall–Kier alpha value is -2.28. The van der Waals surface area contributed by atoms with E-state index in [-0.39, 0.29) is 35.6 Å². The van der Waals surface area contributed by atoms with E-state index in [4.69, 9.17) is 11.6 Å². The van der Waals surface area contributed by atoms with Gasteiger partial charge < -0.3 is 20.4 Å². The van der Waals surface area contributed by atoms with Gasteiger partial charge in [-0.2, -0.15) is 0 Å². The van der Waals surface area contributed by atoms with Crippen molar-refractivity contribution in [1.82, 2.24) is 15.5 Å². The van der Waals surface area contributed by atoms with E-state index >= 15 is 0 Å². The molecule has 0 radical (unpaired) electrons. The van der Waals surface area contributed by atoms with Gasteiger partial charge in [-0.1, -0.05) is 18.5 Å². The lowest BCUT2D eigenvalue weighted by molar-refractivity contribution is -0.135. The first-order chi connectivity index (χ1) is 17.7. The maximum Gasteiger partial charge on any atom is 0.251 e. The number of carbonyl (C=O) groups excluding carboxylic acids is 3. The quantitative estimate of drug-likeness (QED) is 0.542. The van der Waals surface area contributed by atoms with E-state index in [1.807, 2.05) is 24.8 Å². The van der Waals surface area contributed by atoms with Gasteiger partial charge in [-0.05, 0) is 89.3 Å². The van der Waals surface area contributed by atoms with Gasteiger partial charge >= 0.3 is 0 Å². The zero-order chi connectivity index (χ0) is 26.7. The molecule has 8 heteroatoms. The van der Waals surface area contributed by atoms with Crippen molar-refractivity contribution in [3.8, 4) is 0 Å². The van der Waals surface area contributed by atoms with Crippen molar-refractivity contribution in [2.45, 2.75) is 84.7 Å². The fraction of sp³-hybridized carbons (Fsp3) is 0.690. The van der Waals surface area contributed by atoms with Crippen LogP contribution in [-0.2, 0) is 9.59 Å². The Morgan fingerprint density at radius 1 is 1.14 bits per heavy atom. The summed E-state index contributed by atoms with van der Waals surface area (Å²) in [4.78, 5) is 43.0. The number of piperidine rings is 1. The van der Waals surface area contributed by atoms with E-state index in [9.17, 15) is 14.4 Å². The molecule has 4 rings (SSSR count). The van der Waals surface area contributed by atoms with Crippen LogP contribution in [0.25, 0.3) is 0 Å². The van der Waals surface area contributed by atoms with Crippen LogP contribution in [0.5, 0.6) is 0 Å². The number of carbonyl (C=O) groups is 3. The SMILES string of the molecule is CCN(c1cc(Cl)cc(C(=O)NCC2C(=O)NC(C)CC2C)c1C)C1CCC(C(=O)N2CCCC2)CC1. The van der Waals surface area contributed by atoms with Crippen molar-refractivity contribution in [3.63, 3.8) is 0 Å². The molecule has 2 N–H and O–H groups in total. The Labute approximate surface area is 226 Å². The second kappa shape index (κ2) is 12.1. The van der Waals surface area contributed by atoms with Crippen LogP contribution < -0.4 is 15.5 Å². The molecule has 1 saturated carbocycles. The number of likely N-dealkylation sites (tertiary alicyclic amines) is 1. The van der Waals surface area contributed by atoms with E-state index in [1.54, 1.807) is 6.07 Å². The van der Waals surface area contributed by atoms with Crippen molar-refractivity contribution in [2.75, 3.05) is 31.1 Å². The molecule has 3 unspecified atom stereocenters. The van der Waals surface area contributed by atoms with Crippen LogP contribution in [0.3, 0.4) is 0 Å². The third-order valence-electron chi connectivity index (χ3n) is 8.76. The van der Waals surface area contributed by atoms with E-state index in [1.165, 1.54) is 0 Å². The van der Waals surface area contributed by atoms with Gasteiger partial charge in [-0.3, -0.25) is 14.4 Å². The molecule has 2 aliphatic heterocycles. The predicted molar refractivity (Wildman–Crippen MR) is 148 cm³/mol. The lowest BCUT2D eigenvalue weighted by Crippen LogP contribution is -2.50.